The second kappa shape index (κ2) is 5.25. The van der Waals surface area contributed by atoms with E-state index < -0.39 is 0 Å². The first-order chi connectivity index (χ1) is 9.71. The summed E-state index contributed by atoms with van der Waals surface area (Å²) in [7, 11) is 0. The monoisotopic (exact) mass is 310 g/mol. The highest BCUT2D eigenvalue weighted by atomic mass is 35.5. The van der Waals surface area contributed by atoms with Gasteiger partial charge in [-0.2, -0.15) is 0 Å². The Bertz CT molecular complexity index is 567. The van der Waals surface area contributed by atoms with Gasteiger partial charge in [-0.1, -0.05) is 18.9 Å². The molecule has 1 N–H and O–H groups in total. The number of nitrogens with one attached hydrogen (secondary N) is 1. The zero-order valence-electron chi connectivity index (χ0n) is 11.9. The molecule has 1 spiro atoms. The predicted molar refractivity (Wildman–Crippen MR) is 82.5 cm³/mol. The fourth-order valence-electron chi connectivity index (χ4n) is 4.07. The molecular formula is C16H20ClFN2O. The third-order valence-electron chi connectivity index (χ3n) is 5.23. The van der Waals surface area contributed by atoms with Crippen molar-refractivity contribution >= 4 is 24.0 Å². The van der Waals surface area contributed by atoms with E-state index in [-0.39, 0.29) is 35.5 Å². The van der Waals surface area contributed by atoms with E-state index >= 15 is 0 Å². The van der Waals surface area contributed by atoms with E-state index in [1.165, 1.54) is 6.07 Å². The molecule has 1 saturated heterocycles. The summed E-state index contributed by atoms with van der Waals surface area (Å²) in [5.41, 5.74) is 1.51. The molecule has 1 aliphatic carbocycles. The molecule has 1 aromatic carbocycles. The van der Waals surface area contributed by atoms with Crippen molar-refractivity contribution in [1.82, 2.24) is 5.32 Å². The molecule has 1 amide bonds. The Morgan fingerprint density at radius 2 is 2.00 bits per heavy atom. The molecular weight excluding hydrogens is 291 g/mol. The maximum absolute atomic E-state index is 14.4. The largest absolute Gasteiger partial charge is 0.315 e. The number of nitrogens with zero attached hydrogens (tertiary/aromatic N) is 1. The van der Waals surface area contributed by atoms with Crippen molar-refractivity contribution in [2.24, 2.45) is 5.92 Å². The van der Waals surface area contributed by atoms with E-state index in [0.29, 0.717) is 6.54 Å². The smallest absolute Gasteiger partial charge is 0.232 e. The molecule has 0 bridgehead atoms. The van der Waals surface area contributed by atoms with Gasteiger partial charge in [0.1, 0.15) is 5.82 Å². The van der Waals surface area contributed by atoms with Gasteiger partial charge >= 0.3 is 0 Å². The van der Waals surface area contributed by atoms with Gasteiger partial charge < -0.3 is 10.2 Å². The lowest BCUT2D eigenvalue weighted by molar-refractivity contribution is -0.123. The Balaban J connectivity index is 0.00000132. The molecule has 0 atom stereocenters. The Morgan fingerprint density at radius 3 is 2.62 bits per heavy atom. The summed E-state index contributed by atoms with van der Waals surface area (Å²) in [4.78, 5) is 14.5. The summed E-state index contributed by atoms with van der Waals surface area (Å²) in [6.45, 7) is 2.19. The van der Waals surface area contributed by atoms with E-state index in [2.05, 4.69) is 5.32 Å². The van der Waals surface area contributed by atoms with Gasteiger partial charge in [-0.15, -0.1) is 12.4 Å². The number of hydrogen-bond acceptors (Lipinski definition) is 2. The highest BCUT2D eigenvalue weighted by Gasteiger charge is 2.49. The van der Waals surface area contributed by atoms with Gasteiger partial charge in [-0.25, -0.2) is 4.39 Å². The number of fused-ring (bicyclic) bond motifs is 2. The first-order valence-corrected chi connectivity index (χ1v) is 7.52. The Hall–Kier alpha value is -1.13. The summed E-state index contributed by atoms with van der Waals surface area (Å²) in [6.07, 6.45) is 4.29. The van der Waals surface area contributed by atoms with E-state index in [0.717, 1.165) is 50.0 Å². The normalized spacial score (nSPS) is 22.8. The molecule has 0 aromatic heterocycles. The first-order valence-electron chi connectivity index (χ1n) is 7.52. The Kier molecular flexibility index (Phi) is 3.70. The van der Waals surface area contributed by atoms with E-state index in [1.54, 1.807) is 6.07 Å². The quantitative estimate of drug-likeness (QED) is 0.865. The van der Waals surface area contributed by atoms with Crippen molar-refractivity contribution in [3.05, 3.63) is 29.6 Å². The van der Waals surface area contributed by atoms with E-state index in [4.69, 9.17) is 0 Å². The molecule has 114 valence electrons. The molecule has 2 fully saturated rings. The number of rotatable bonds is 1. The van der Waals surface area contributed by atoms with Crippen molar-refractivity contribution < 1.29 is 9.18 Å². The molecule has 2 aliphatic heterocycles. The standard InChI is InChI=1S/C16H19FN2O.ClH/c17-12-4-3-5-13-14(12)16(6-1-2-7-16)10-19(13)15(20)11-8-18-9-11;/h3-5,11,18H,1-2,6-10H2;1H. The fourth-order valence-corrected chi connectivity index (χ4v) is 4.07. The third-order valence-corrected chi connectivity index (χ3v) is 5.23. The molecule has 0 unspecified atom stereocenters. The van der Waals surface area contributed by atoms with Crippen LogP contribution in [0.3, 0.4) is 0 Å². The van der Waals surface area contributed by atoms with Crippen LogP contribution < -0.4 is 10.2 Å². The predicted octanol–water partition coefficient (Wildman–Crippen LogP) is 2.63. The lowest BCUT2D eigenvalue weighted by Gasteiger charge is -2.31. The zero-order chi connectivity index (χ0) is 13.7. The van der Waals surface area contributed by atoms with Crippen LogP contribution in [0, 0.1) is 11.7 Å². The highest BCUT2D eigenvalue weighted by Crippen LogP contribution is 2.51. The lowest BCUT2D eigenvalue weighted by Crippen LogP contribution is -2.52. The number of carbonyl (C=O) groups excluding carboxylic acids is 1. The van der Waals surface area contributed by atoms with Crippen molar-refractivity contribution in [2.45, 2.75) is 31.1 Å². The van der Waals surface area contributed by atoms with Crippen LogP contribution in [0.2, 0.25) is 0 Å². The van der Waals surface area contributed by atoms with Gasteiger partial charge in [0.25, 0.3) is 0 Å². The second-order valence-electron chi connectivity index (χ2n) is 6.40. The molecule has 2 heterocycles. The minimum atomic E-state index is -0.133. The second-order valence-corrected chi connectivity index (χ2v) is 6.40. The summed E-state index contributed by atoms with van der Waals surface area (Å²) >= 11 is 0. The summed E-state index contributed by atoms with van der Waals surface area (Å²) in [5.74, 6) is 0.105. The molecule has 1 saturated carbocycles. The van der Waals surface area contributed by atoms with Crippen LogP contribution in [0.25, 0.3) is 0 Å². The molecule has 0 radical (unpaired) electrons. The molecule has 4 rings (SSSR count). The van der Waals surface area contributed by atoms with Crippen molar-refractivity contribution in [1.29, 1.82) is 0 Å². The topological polar surface area (TPSA) is 32.3 Å². The van der Waals surface area contributed by atoms with Gasteiger partial charge in [0.2, 0.25) is 5.91 Å². The highest BCUT2D eigenvalue weighted by molar-refractivity contribution is 5.98. The zero-order valence-corrected chi connectivity index (χ0v) is 12.7. The maximum atomic E-state index is 14.4. The van der Waals surface area contributed by atoms with Gasteiger partial charge in [-0.05, 0) is 25.0 Å². The molecule has 1 aromatic rings. The van der Waals surface area contributed by atoms with Crippen LogP contribution in [0.1, 0.15) is 31.2 Å². The van der Waals surface area contributed by atoms with Crippen LogP contribution in [0.4, 0.5) is 10.1 Å². The molecule has 21 heavy (non-hydrogen) atoms. The Labute approximate surface area is 130 Å². The molecule has 3 aliphatic rings. The van der Waals surface area contributed by atoms with Gasteiger partial charge in [0.05, 0.1) is 11.6 Å². The Morgan fingerprint density at radius 1 is 1.29 bits per heavy atom. The lowest BCUT2D eigenvalue weighted by atomic mass is 9.80. The average Bonchev–Trinajstić information content (AvgIpc) is 2.95. The average molecular weight is 311 g/mol. The van der Waals surface area contributed by atoms with Gasteiger partial charge in [0.15, 0.2) is 0 Å². The van der Waals surface area contributed by atoms with Crippen LogP contribution >= 0.6 is 12.4 Å². The fraction of sp³-hybridized carbons (Fsp3) is 0.562. The van der Waals surface area contributed by atoms with Crippen LogP contribution in [0.5, 0.6) is 0 Å². The summed E-state index contributed by atoms with van der Waals surface area (Å²) in [6, 6.07) is 5.18. The number of hydrogen-bond donors (Lipinski definition) is 1. The number of benzene rings is 1. The SMILES string of the molecule is Cl.O=C(C1CNC1)N1CC2(CCCC2)c2c(F)cccc21. The molecule has 5 heteroatoms. The van der Waals surface area contributed by atoms with E-state index in [9.17, 15) is 9.18 Å². The van der Waals surface area contributed by atoms with Crippen molar-refractivity contribution in [3.8, 4) is 0 Å². The van der Waals surface area contributed by atoms with Crippen molar-refractivity contribution in [2.75, 3.05) is 24.5 Å². The third kappa shape index (κ3) is 2.08. The number of amides is 1. The summed E-state index contributed by atoms with van der Waals surface area (Å²) in [5, 5.41) is 3.14. The number of carbonyl (C=O) groups is 1. The van der Waals surface area contributed by atoms with Crippen LogP contribution in [0.15, 0.2) is 18.2 Å². The number of halogens is 2. The van der Waals surface area contributed by atoms with Crippen LogP contribution in [-0.4, -0.2) is 25.5 Å². The van der Waals surface area contributed by atoms with E-state index in [1.807, 2.05) is 11.0 Å². The first kappa shape index (κ1) is 14.8. The molecule has 3 nitrogen and oxygen atoms in total. The maximum Gasteiger partial charge on any atom is 0.232 e. The minimum Gasteiger partial charge on any atom is -0.315 e. The van der Waals surface area contributed by atoms with Gasteiger partial charge in [-0.3, -0.25) is 4.79 Å². The minimum absolute atomic E-state index is 0. The van der Waals surface area contributed by atoms with Gasteiger partial charge in [0, 0.05) is 30.6 Å². The van der Waals surface area contributed by atoms with Crippen molar-refractivity contribution in [3.63, 3.8) is 0 Å². The summed E-state index contributed by atoms with van der Waals surface area (Å²) < 4.78 is 14.4. The number of anilines is 1. The van der Waals surface area contributed by atoms with Crippen LogP contribution in [-0.2, 0) is 10.2 Å².